The Hall–Kier alpha value is -3.25. The number of hydrogen-bond acceptors (Lipinski definition) is 7. The first-order valence-corrected chi connectivity index (χ1v) is 8.20. The molecule has 2 aromatic heterocycles. The van der Waals surface area contributed by atoms with Gasteiger partial charge in [0.1, 0.15) is 23.2 Å². The highest BCUT2D eigenvalue weighted by Crippen LogP contribution is 2.39. The Balaban J connectivity index is 2.25. The second-order valence-corrected chi connectivity index (χ2v) is 6.30. The summed E-state index contributed by atoms with van der Waals surface area (Å²) in [5.41, 5.74) is 13.5. The number of aryl methyl sites for hydroxylation is 1. The number of halogens is 2. The zero-order valence-electron chi connectivity index (χ0n) is 13.5. The van der Waals surface area contributed by atoms with Crippen LogP contribution in [0.2, 0.25) is 0 Å². The zero-order valence-corrected chi connectivity index (χ0v) is 14.3. The first kappa shape index (κ1) is 17.6. The molecule has 0 saturated carbocycles. The Morgan fingerprint density at radius 1 is 1.19 bits per heavy atom. The fourth-order valence-corrected chi connectivity index (χ4v) is 3.35. The molecule has 0 unspecified atom stereocenters. The molecule has 0 atom stereocenters. The number of nitrogen functional groups attached to an aromatic ring is 2. The molecule has 132 valence electrons. The summed E-state index contributed by atoms with van der Waals surface area (Å²) in [5.74, 6) is -0.0747. The Labute approximate surface area is 151 Å². The third-order valence-electron chi connectivity index (χ3n) is 3.60. The summed E-state index contributed by atoms with van der Waals surface area (Å²) in [6, 6.07) is 9.76. The van der Waals surface area contributed by atoms with Crippen LogP contribution < -0.4 is 16.2 Å². The molecule has 3 aromatic rings. The van der Waals surface area contributed by atoms with Crippen LogP contribution in [-0.4, -0.2) is 16.6 Å². The highest BCUT2D eigenvalue weighted by atomic mass is 32.1. The van der Waals surface area contributed by atoms with Crippen LogP contribution in [0.25, 0.3) is 21.7 Å². The van der Waals surface area contributed by atoms with Gasteiger partial charge in [-0.25, -0.2) is 9.97 Å². The number of anilines is 2. The number of nitriles is 1. The molecule has 2 heterocycles. The normalized spacial score (nSPS) is 10.7. The van der Waals surface area contributed by atoms with E-state index in [0.717, 1.165) is 0 Å². The topological polar surface area (TPSA) is 111 Å². The summed E-state index contributed by atoms with van der Waals surface area (Å²) in [5, 5.41) is 9.83. The average Bonchev–Trinajstić information content (AvgIpc) is 2.92. The number of rotatable bonds is 4. The Morgan fingerprint density at radius 3 is 2.54 bits per heavy atom. The third kappa shape index (κ3) is 3.27. The molecule has 0 bridgehead atoms. The van der Waals surface area contributed by atoms with Crippen molar-refractivity contribution in [2.24, 2.45) is 0 Å². The molecule has 1 aromatic carbocycles. The molecule has 4 N–H and O–H groups in total. The van der Waals surface area contributed by atoms with E-state index in [9.17, 15) is 14.0 Å². The van der Waals surface area contributed by atoms with Crippen LogP contribution in [0.1, 0.15) is 11.3 Å². The van der Waals surface area contributed by atoms with Gasteiger partial charge in [-0.3, -0.25) is 0 Å². The minimum atomic E-state index is -3.00. The van der Waals surface area contributed by atoms with Crippen molar-refractivity contribution in [3.8, 4) is 33.5 Å². The maximum Gasteiger partial charge on any atom is 0.387 e. The van der Waals surface area contributed by atoms with Gasteiger partial charge in [-0.15, -0.1) is 0 Å². The number of ether oxygens (including phenoxy) is 1. The van der Waals surface area contributed by atoms with Gasteiger partial charge in [-0.2, -0.15) is 14.0 Å². The summed E-state index contributed by atoms with van der Waals surface area (Å²) in [7, 11) is 0. The maximum atomic E-state index is 12.7. The second-order valence-electron chi connectivity index (χ2n) is 5.27. The van der Waals surface area contributed by atoms with E-state index < -0.39 is 6.61 Å². The lowest BCUT2D eigenvalue weighted by molar-refractivity contribution is -0.0494. The predicted molar refractivity (Wildman–Crippen MR) is 95.7 cm³/mol. The average molecular weight is 373 g/mol. The van der Waals surface area contributed by atoms with E-state index >= 15 is 0 Å². The number of alkyl halides is 2. The van der Waals surface area contributed by atoms with Gasteiger partial charge in [0.25, 0.3) is 0 Å². The van der Waals surface area contributed by atoms with Gasteiger partial charge in [0, 0.05) is 11.1 Å². The molecular weight excluding hydrogens is 360 g/mol. The van der Waals surface area contributed by atoms with Crippen molar-refractivity contribution in [1.82, 2.24) is 9.97 Å². The molecule has 0 amide bonds. The standard InChI is InChI=1S/C17H13F2N5OS/c1-8-14(26-17(22)23-8)12-6-10(11(7-20)15(21)24-12)9-4-2-3-5-13(9)25-16(18)19/h2-6,16H,1H3,(H2,21,24)(H2,22,23). The molecule has 0 saturated heterocycles. The summed E-state index contributed by atoms with van der Waals surface area (Å²) in [6.07, 6.45) is 0. The molecule has 6 nitrogen and oxygen atoms in total. The molecule has 0 fully saturated rings. The van der Waals surface area contributed by atoms with Gasteiger partial charge in [0.15, 0.2) is 5.13 Å². The van der Waals surface area contributed by atoms with Crippen molar-refractivity contribution in [3.63, 3.8) is 0 Å². The van der Waals surface area contributed by atoms with E-state index in [4.69, 9.17) is 11.5 Å². The molecule has 9 heteroatoms. The van der Waals surface area contributed by atoms with Crippen LogP contribution >= 0.6 is 11.3 Å². The number of aromatic nitrogens is 2. The van der Waals surface area contributed by atoms with Crippen LogP contribution in [0.5, 0.6) is 5.75 Å². The van der Waals surface area contributed by atoms with Crippen molar-refractivity contribution in [3.05, 3.63) is 41.6 Å². The Morgan fingerprint density at radius 2 is 1.92 bits per heavy atom. The number of hydrogen-bond donors (Lipinski definition) is 2. The van der Waals surface area contributed by atoms with Gasteiger partial charge in [0.05, 0.1) is 16.3 Å². The van der Waals surface area contributed by atoms with Gasteiger partial charge in [-0.05, 0) is 19.1 Å². The molecule has 0 aliphatic carbocycles. The highest BCUT2D eigenvalue weighted by Gasteiger charge is 2.19. The summed E-state index contributed by atoms with van der Waals surface area (Å²) >= 11 is 1.22. The van der Waals surface area contributed by atoms with Crippen LogP contribution in [0.15, 0.2) is 30.3 Å². The summed E-state index contributed by atoms with van der Waals surface area (Å²) in [4.78, 5) is 9.08. The van der Waals surface area contributed by atoms with Crippen molar-refractivity contribution >= 4 is 22.3 Å². The van der Waals surface area contributed by atoms with Crippen molar-refractivity contribution < 1.29 is 13.5 Å². The molecular formula is C17H13F2N5OS. The monoisotopic (exact) mass is 373 g/mol. The highest BCUT2D eigenvalue weighted by molar-refractivity contribution is 7.18. The van der Waals surface area contributed by atoms with Crippen molar-refractivity contribution in [2.75, 3.05) is 11.5 Å². The fourth-order valence-electron chi connectivity index (χ4n) is 2.55. The largest absolute Gasteiger partial charge is 0.434 e. The lowest BCUT2D eigenvalue weighted by atomic mass is 9.99. The van der Waals surface area contributed by atoms with Crippen LogP contribution in [-0.2, 0) is 0 Å². The number of pyridine rings is 1. The predicted octanol–water partition coefficient (Wildman–Crippen LogP) is 3.82. The molecule has 0 aliphatic heterocycles. The lowest BCUT2D eigenvalue weighted by Gasteiger charge is -2.14. The minimum Gasteiger partial charge on any atom is -0.434 e. The fraction of sp³-hybridized carbons (Fsp3) is 0.118. The first-order valence-electron chi connectivity index (χ1n) is 7.38. The Kier molecular flexibility index (Phi) is 4.69. The quantitative estimate of drug-likeness (QED) is 0.719. The van der Waals surface area contributed by atoms with Gasteiger partial charge < -0.3 is 16.2 Å². The SMILES string of the molecule is Cc1nc(N)sc1-c1cc(-c2ccccc2OC(F)F)c(C#N)c(N)n1. The van der Waals surface area contributed by atoms with Crippen molar-refractivity contribution in [2.45, 2.75) is 13.5 Å². The van der Waals surface area contributed by atoms with E-state index in [-0.39, 0.29) is 17.1 Å². The summed E-state index contributed by atoms with van der Waals surface area (Å²) in [6.45, 7) is -1.23. The number of nitrogens with two attached hydrogens (primary N) is 2. The van der Waals surface area contributed by atoms with Gasteiger partial charge in [-0.1, -0.05) is 29.5 Å². The maximum absolute atomic E-state index is 12.7. The smallest absolute Gasteiger partial charge is 0.387 e. The van der Waals surface area contributed by atoms with E-state index in [1.165, 1.54) is 17.4 Å². The van der Waals surface area contributed by atoms with Crippen LogP contribution in [0.3, 0.4) is 0 Å². The lowest BCUT2D eigenvalue weighted by Crippen LogP contribution is -2.04. The van der Waals surface area contributed by atoms with E-state index in [2.05, 4.69) is 14.7 Å². The first-order chi connectivity index (χ1) is 12.4. The minimum absolute atomic E-state index is 0.0155. The van der Waals surface area contributed by atoms with Gasteiger partial charge in [0.2, 0.25) is 0 Å². The zero-order chi connectivity index (χ0) is 18.8. The Bertz CT molecular complexity index is 1010. The number of nitrogens with zero attached hydrogens (tertiary/aromatic N) is 3. The van der Waals surface area contributed by atoms with E-state index in [1.54, 1.807) is 31.2 Å². The number of thiazole rings is 1. The van der Waals surface area contributed by atoms with E-state index in [0.29, 0.717) is 32.5 Å². The molecule has 26 heavy (non-hydrogen) atoms. The van der Waals surface area contributed by atoms with Gasteiger partial charge >= 0.3 is 6.61 Å². The second kappa shape index (κ2) is 6.93. The molecule has 0 spiro atoms. The number of benzene rings is 1. The molecule has 3 rings (SSSR count). The van der Waals surface area contributed by atoms with E-state index in [1.807, 2.05) is 6.07 Å². The van der Waals surface area contributed by atoms with Crippen molar-refractivity contribution in [1.29, 1.82) is 5.26 Å². The summed E-state index contributed by atoms with van der Waals surface area (Å²) < 4.78 is 30.0. The molecule has 0 radical (unpaired) electrons. The van der Waals surface area contributed by atoms with Crippen LogP contribution in [0, 0.1) is 18.3 Å². The number of para-hydroxylation sites is 1. The van der Waals surface area contributed by atoms with Crippen LogP contribution in [0.4, 0.5) is 19.7 Å². The molecule has 0 aliphatic rings. The third-order valence-corrected chi connectivity index (χ3v) is 4.61.